The largest absolute Gasteiger partial charge is 0.481 e. The SMILES string of the molecule is CCC1=C(CC(=O)O)C(C)C(CC(=O)O)C(CC)=C1CC(=O)O. The van der Waals surface area contributed by atoms with Crippen LogP contribution in [0.2, 0.25) is 0 Å². The van der Waals surface area contributed by atoms with E-state index in [1.807, 2.05) is 20.8 Å². The molecule has 6 nitrogen and oxygen atoms in total. The van der Waals surface area contributed by atoms with Gasteiger partial charge in [0, 0.05) is 0 Å². The molecule has 23 heavy (non-hydrogen) atoms. The molecule has 0 bridgehead atoms. The molecule has 1 rings (SSSR count). The summed E-state index contributed by atoms with van der Waals surface area (Å²) >= 11 is 0. The van der Waals surface area contributed by atoms with Gasteiger partial charge in [-0.3, -0.25) is 14.4 Å². The van der Waals surface area contributed by atoms with E-state index in [1.54, 1.807) is 0 Å². The fourth-order valence-corrected chi connectivity index (χ4v) is 3.64. The number of hydrogen-bond acceptors (Lipinski definition) is 3. The van der Waals surface area contributed by atoms with Crippen LogP contribution < -0.4 is 0 Å². The normalized spacial score (nSPS) is 21.5. The van der Waals surface area contributed by atoms with Gasteiger partial charge in [-0.05, 0) is 35.8 Å². The molecular weight excluding hydrogens is 300 g/mol. The third kappa shape index (κ3) is 4.43. The van der Waals surface area contributed by atoms with Gasteiger partial charge in [0.05, 0.1) is 19.3 Å². The summed E-state index contributed by atoms with van der Waals surface area (Å²) in [6.07, 6.45) is 0.611. The molecule has 6 heteroatoms. The topological polar surface area (TPSA) is 112 Å². The van der Waals surface area contributed by atoms with Crippen molar-refractivity contribution < 1.29 is 29.7 Å². The Bertz CT molecular complexity index is 570. The van der Waals surface area contributed by atoms with Crippen molar-refractivity contribution in [3.63, 3.8) is 0 Å². The first-order valence-corrected chi connectivity index (χ1v) is 7.82. The molecule has 0 radical (unpaired) electrons. The van der Waals surface area contributed by atoms with Gasteiger partial charge in [-0.25, -0.2) is 0 Å². The monoisotopic (exact) mass is 324 g/mol. The molecule has 0 spiro atoms. The van der Waals surface area contributed by atoms with Crippen LogP contribution in [0.1, 0.15) is 52.9 Å². The first-order valence-electron chi connectivity index (χ1n) is 7.82. The van der Waals surface area contributed by atoms with Crippen LogP contribution in [0, 0.1) is 11.8 Å². The van der Waals surface area contributed by atoms with Crippen LogP contribution >= 0.6 is 0 Å². The average Bonchev–Trinajstić information content (AvgIpc) is 2.43. The van der Waals surface area contributed by atoms with Crippen molar-refractivity contribution in [2.75, 3.05) is 0 Å². The predicted molar refractivity (Wildman–Crippen MR) is 84.0 cm³/mol. The lowest BCUT2D eigenvalue weighted by Gasteiger charge is -2.36. The maximum atomic E-state index is 11.2. The molecule has 128 valence electrons. The fraction of sp³-hybridized carbons (Fsp3) is 0.588. The minimum atomic E-state index is -0.991. The summed E-state index contributed by atoms with van der Waals surface area (Å²) in [6.45, 7) is 5.60. The van der Waals surface area contributed by atoms with E-state index in [9.17, 15) is 29.7 Å². The van der Waals surface area contributed by atoms with E-state index < -0.39 is 17.9 Å². The minimum absolute atomic E-state index is 0.117. The Morgan fingerprint density at radius 1 is 0.826 bits per heavy atom. The summed E-state index contributed by atoms with van der Waals surface area (Å²) in [4.78, 5) is 33.7. The van der Waals surface area contributed by atoms with Gasteiger partial charge in [0.2, 0.25) is 0 Å². The third-order valence-electron chi connectivity index (χ3n) is 4.54. The lowest BCUT2D eigenvalue weighted by Crippen LogP contribution is -2.28. The Balaban J connectivity index is 3.53. The van der Waals surface area contributed by atoms with E-state index in [-0.39, 0.29) is 31.1 Å². The molecule has 0 aromatic rings. The highest BCUT2D eigenvalue weighted by molar-refractivity contribution is 5.76. The molecule has 2 unspecified atom stereocenters. The zero-order valence-corrected chi connectivity index (χ0v) is 13.8. The molecule has 1 aliphatic rings. The van der Waals surface area contributed by atoms with Gasteiger partial charge in [0.15, 0.2) is 0 Å². The maximum Gasteiger partial charge on any atom is 0.307 e. The van der Waals surface area contributed by atoms with E-state index in [2.05, 4.69) is 0 Å². The molecule has 0 fully saturated rings. The Morgan fingerprint density at radius 3 is 1.78 bits per heavy atom. The molecule has 0 aromatic heterocycles. The van der Waals surface area contributed by atoms with E-state index >= 15 is 0 Å². The second kappa shape index (κ2) is 7.94. The molecule has 3 N–H and O–H groups in total. The van der Waals surface area contributed by atoms with Crippen molar-refractivity contribution in [3.8, 4) is 0 Å². The second-order valence-corrected chi connectivity index (χ2v) is 5.85. The molecule has 0 saturated heterocycles. The fourth-order valence-electron chi connectivity index (χ4n) is 3.64. The number of hydrogen-bond donors (Lipinski definition) is 3. The number of rotatable bonds is 8. The van der Waals surface area contributed by atoms with E-state index in [1.165, 1.54) is 0 Å². The highest BCUT2D eigenvalue weighted by atomic mass is 16.4. The highest BCUT2D eigenvalue weighted by Gasteiger charge is 2.35. The lowest BCUT2D eigenvalue weighted by atomic mass is 9.68. The summed E-state index contributed by atoms with van der Waals surface area (Å²) < 4.78 is 0. The quantitative estimate of drug-likeness (QED) is 0.632. The smallest absolute Gasteiger partial charge is 0.307 e. The summed E-state index contributed by atoms with van der Waals surface area (Å²) in [5, 5.41) is 27.6. The Labute approximate surface area is 135 Å². The number of carbonyl (C=O) groups is 3. The predicted octanol–water partition coefficient (Wildman–Crippen LogP) is 3.09. The summed E-state index contributed by atoms with van der Waals surface area (Å²) in [5.74, 6) is -3.50. The van der Waals surface area contributed by atoms with Crippen molar-refractivity contribution in [2.24, 2.45) is 11.8 Å². The van der Waals surface area contributed by atoms with Crippen molar-refractivity contribution in [3.05, 3.63) is 22.3 Å². The van der Waals surface area contributed by atoms with Gasteiger partial charge >= 0.3 is 17.9 Å². The first kappa shape index (κ1) is 18.9. The van der Waals surface area contributed by atoms with Gasteiger partial charge in [-0.2, -0.15) is 0 Å². The third-order valence-corrected chi connectivity index (χ3v) is 4.54. The number of aliphatic carboxylic acids is 3. The molecule has 0 saturated carbocycles. The zero-order valence-electron chi connectivity index (χ0n) is 13.8. The Kier molecular flexibility index (Phi) is 6.54. The van der Waals surface area contributed by atoms with Crippen LogP contribution in [-0.2, 0) is 14.4 Å². The highest BCUT2D eigenvalue weighted by Crippen LogP contribution is 2.45. The lowest BCUT2D eigenvalue weighted by molar-refractivity contribution is -0.138. The molecule has 2 atom stereocenters. The van der Waals surface area contributed by atoms with E-state index in [4.69, 9.17) is 0 Å². The second-order valence-electron chi connectivity index (χ2n) is 5.85. The van der Waals surface area contributed by atoms with Crippen LogP contribution in [0.15, 0.2) is 22.3 Å². The number of carboxylic acids is 3. The molecule has 0 aliphatic heterocycles. The van der Waals surface area contributed by atoms with Crippen molar-refractivity contribution in [1.29, 1.82) is 0 Å². The van der Waals surface area contributed by atoms with Crippen LogP contribution in [0.25, 0.3) is 0 Å². The van der Waals surface area contributed by atoms with Gasteiger partial charge < -0.3 is 15.3 Å². The Hall–Kier alpha value is -2.11. The van der Waals surface area contributed by atoms with E-state index in [0.717, 1.165) is 11.1 Å². The zero-order chi connectivity index (χ0) is 17.7. The molecule has 1 aliphatic carbocycles. The van der Waals surface area contributed by atoms with Gasteiger partial charge in [-0.1, -0.05) is 31.9 Å². The summed E-state index contributed by atoms with van der Waals surface area (Å²) in [7, 11) is 0. The van der Waals surface area contributed by atoms with E-state index in [0.29, 0.717) is 24.0 Å². The molecule has 0 heterocycles. The molecular formula is C17H24O6. The minimum Gasteiger partial charge on any atom is -0.481 e. The van der Waals surface area contributed by atoms with Gasteiger partial charge in [-0.15, -0.1) is 0 Å². The van der Waals surface area contributed by atoms with Crippen LogP contribution in [0.4, 0.5) is 0 Å². The number of carboxylic acid groups (broad SMARTS) is 3. The molecule has 0 amide bonds. The van der Waals surface area contributed by atoms with Gasteiger partial charge in [0.25, 0.3) is 0 Å². The number of allylic oxidation sites excluding steroid dienone is 2. The molecule has 0 aromatic carbocycles. The van der Waals surface area contributed by atoms with Crippen molar-refractivity contribution in [2.45, 2.75) is 52.9 Å². The van der Waals surface area contributed by atoms with Crippen LogP contribution in [-0.4, -0.2) is 33.2 Å². The summed E-state index contributed by atoms with van der Waals surface area (Å²) in [6, 6.07) is 0. The first-order chi connectivity index (χ1) is 10.7. The van der Waals surface area contributed by atoms with Crippen molar-refractivity contribution >= 4 is 17.9 Å². The van der Waals surface area contributed by atoms with Crippen LogP contribution in [0.3, 0.4) is 0 Å². The van der Waals surface area contributed by atoms with Gasteiger partial charge in [0.1, 0.15) is 0 Å². The Morgan fingerprint density at radius 2 is 1.39 bits per heavy atom. The standard InChI is InChI=1S/C17H24O6/c1-4-10-12(6-15(18)19)9(3)13(7-16(20)21)11(5-2)14(10)8-17(22)23/h9,12H,4-8H2,1-3H3,(H,18,19)(H,20,21)(H,22,23). The average molecular weight is 324 g/mol. The maximum absolute atomic E-state index is 11.2. The van der Waals surface area contributed by atoms with Crippen molar-refractivity contribution in [1.82, 2.24) is 0 Å². The van der Waals surface area contributed by atoms with Crippen LogP contribution in [0.5, 0.6) is 0 Å². The summed E-state index contributed by atoms with van der Waals surface area (Å²) in [5.41, 5.74) is 2.91.